The van der Waals surface area contributed by atoms with E-state index in [-0.39, 0.29) is 6.04 Å². The van der Waals surface area contributed by atoms with Crippen molar-refractivity contribution >= 4 is 17.2 Å². The van der Waals surface area contributed by atoms with Crippen LogP contribution in [-0.4, -0.2) is 15.0 Å². The SMILES string of the molecule is Cc1nc(C(C)Nc2cc(-c3ccccc3)ncn2)cs1. The number of anilines is 1. The Balaban J connectivity index is 1.80. The maximum Gasteiger partial charge on any atom is 0.130 e. The van der Waals surface area contributed by atoms with E-state index >= 15 is 0 Å². The van der Waals surface area contributed by atoms with Crippen LogP contribution in [0.3, 0.4) is 0 Å². The lowest BCUT2D eigenvalue weighted by Gasteiger charge is -2.12. The molecule has 1 unspecified atom stereocenters. The van der Waals surface area contributed by atoms with E-state index in [1.807, 2.05) is 43.3 Å². The Labute approximate surface area is 127 Å². The van der Waals surface area contributed by atoms with E-state index in [9.17, 15) is 0 Å². The fourth-order valence-corrected chi connectivity index (χ4v) is 2.78. The number of hydrogen-bond acceptors (Lipinski definition) is 5. The molecule has 0 radical (unpaired) electrons. The third-order valence-corrected chi connectivity index (χ3v) is 3.97. The molecule has 4 nitrogen and oxygen atoms in total. The highest BCUT2D eigenvalue weighted by Crippen LogP contribution is 2.22. The molecule has 0 aliphatic carbocycles. The first-order chi connectivity index (χ1) is 10.2. The maximum atomic E-state index is 4.50. The number of rotatable bonds is 4. The van der Waals surface area contributed by atoms with Gasteiger partial charge in [-0.3, -0.25) is 0 Å². The summed E-state index contributed by atoms with van der Waals surface area (Å²) < 4.78 is 0. The van der Waals surface area contributed by atoms with Crippen molar-refractivity contribution in [3.8, 4) is 11.3 Å². The van der Waals surface area contributed by atoms with Gasteiger partial charge in [0, 0.05) is 17.0 Å². The van der Waals surface area contributed by atoms with Crippen molar-refractivity contribution in [2.45, 2.75) is 19.9 Å². The van der Waals surface area contributed by atoms with Gasteiger partial charge in [0.25, 0.3) is 0 Å². The smallest absolute Gasteiger partial charge is 0.130 e. The first-order valence-corrected chi connectivity index (χ1v) is 7.66. The minimum absolute atomic E-state index is 0.119. The zero-order valence-electron chi connectivity index (χ0n) is 11.9. The molecule has 0 saturated carbocycles. The van der Waals surface area contributed by atoms with Crippen molar-refractivity contribution in [3.05, 3.63) is 58.8 Å². The van der Waals surface area contributed by atoms with Gasteiger partial charge in [-0.2, -0.15) is 0 Å². The fourth-order valence-electron chi connectivity index (χ4n) is 2.08. The standard InChI is InChI=1S/C16H16N4S/c1-11(15-9-21-12(2)20-15)19-16-8-14(17-10-18-16)13-6-4-3-5-7-13/h3-11H,1-2H3,(H,17,18,19). The van der Waals surface area contributed by atoms with Crippen LogP contribution in [0.15, 0.2) is 48.1 Å². The first kappa shape index (κ1) is 13.7. The topological polar surface area (TPSA) is 50.7 Å². The molecule has 0 spiro atoms. The number of thiazole rings is 1. The van der Waals surface area contributed by atoms with Gasteiger partial charge in [0.05, 0.1) is 22.4 Å². The van der Waals surface area contributed by atoms with Crippen LogP contribution in [0.1, 0.15) is 23.7 Å². The third-order valence-electron chi connectivity index (χ3n) is 3.18. The Hall–Kier alpha value is -2.27. The highest BCUT2D eigenvalue weighted by Gasteiger charge is 2.10. The predicted molar refractivity (Wildman–Crippen MR) is 86.4 cm³/mol. The van der Waals surface area contributed by atoms with E-state index in [0.29, 0.717) is 0 Å². The molecule has 2 aromatic heterocycles. The van der Waals surface area contributed by atoms with Gasteiger partial charge in [0.15, 0.2) is 0 Å². The van der Waals surface area contributed by atoms with Gasteiger partial charge in [-0.1, -0.05) is 30.3 Å². The van der Waals surface area contributed by atoms with Crippen molar-refractivity contribution in [1.29, 1.82) is 0 Å². The molecule has 0 aliphatic rings. The van der Waals surface area contributed by atoms with Crippen LogP contribution in [-0.2, 0) is 0 Å². The Morgan fingerprint density at radius 3 is 2.67 bits per heavy atom. The molecule has 1 aromatic carbocycles. The number of nitrogens with one attached hydrogen (secondary N) is 1. The van der Waals surface area contributed by atoms with Gasteiger partial charge in [-0.25, -0.2) is 15.0 Å². The number of hydrogen-bond donors (Lipinski definition) is 1. The molecular weight excluding hydrogens is 280 g/mol. The lowest BCUT2D eigenvalue weighted by Crippen LogP contribution is -2.08. The molecule has 106 valence electrons. The highest BCUT2D eigenvalue weighted by atomic mass is 32.1. The van der Waals surface area contributed by atoms with Gasteiger partial charge in [0.2, 0.25) is 0 Å². The van der Waals surface area contributed by atoms with Crippen molar-refractivity contribution in [2.24, 2.45) is 0 Å². The van der Waals surface area contributed by atoms with Crippen molar-refractivity contribution in [3.63, 3.8) is 0 Å². The zero-order valence-corrected chi connectivity index (χ0v) is 12.8. The van der Waals surface area contributed by atoms with E-state index in [2.05, 4.69) is 32.6 Å². The van der Waals surface area contributed by atoms with Crippen LogP contribution in [0.2, 0.25) is 0 Å². The van der Waals surface area contributed by atoms with Gasteiger partial charge in [-0.15, -0.1) is 11.3 Å². The molecule has 5 heteroatoms. The van der Waals surface area contributed by atoms with Crippen molar-refractivity contribution in [2.75, 3.05) is 5.32 Å². The van der Waals surface area contributed by atoms with Crippen LogP contribution in [0.25, 0.3) is 11.3 Å². The van der Waals surface area contributed by atoms with Gasteiger partial charge in [-0.05, 0) is 13.8 Å². The zero-order chi connectivity index (χ0) is 14.7. The molecule has 0 amide bonds. The summed E-state index contributed by atoms with van der Waals surface area (Å²) >= 11 is 1.66. The number of aryl methyl sites for hydroxylation is 1. The van der Waals surface area contributed by atoms with Crippen LogP contribution in [0.5, 0.6) is 0 Å². The number of aromatic nitrogens is 3. The Bertz CT molecular complexity index is 724. The summed E-state index contributed by atoms with van der Waals surface area (Å²) in [5, 5.41) is 6.53. The van der Waals surface area contributed by atoms with E-state index in [0.717, 1.165) is 27.8 Å². The quantitative estimate of drug-likeness (QED) is 0.788. The molecule has 21 heavy (non-hydrogen) atoms. The monoisotopic (exact) mass is 296 g/mol. The minimum atomic E-state index is 0.119. The van der Waals surface area contributed by atoms with E-state index in [4.69, 9.17) is 0 Å². The average Bonchev–Trinajstić information content (AvgIpc) is 2.95. The summed E-state index contributed by atoms with van der Waals surface area (Å²) in [6, 6.07) is 12.2. The van der Waals surface area contributed by atoms with Crippen molar-refractivity contribution in [1.82, 2.24) is 15.0 Å². The van der Waals surface area contributed by atoms with Gasteiger partial charge >= 0.3 is 0 Å². The number of nitrogens with zero attached hydrogens (tertiary/aromatic N) is 3. The molecule has 0 bridgehead atoms. The minimum Gasteiger partial charge on any atom is -0.362 e. The fraction of sp³-hybridized carbons (Fsp3) is 0.188. The second-order valence-electron chi connectivity index (χ2n) is 4.81. The molecule has 1 N–H and O–H groups in total. The second-order valence-corrected chi connectivity index (χ2v) is 5.87. The first-order valence-electron chi connectivity index (χ1n) is 6.78. The lowest BCUT2D eigenvalue weighted by atomic mass is 10.1. The Morgan fingerprint density at radius 2 is 1.95 bits per heavy atom. The summed E-state index contributed by atoms with van der Waals surface area (Å²) in [6.45, 7) is 4.10. The molecule has 1 atom stereocenters. The molecule has 3 rings (SSSR count). The van der Waals surface area contributed by atoms with Crippen LogP contribution in [0, 0.1) is 6.92 Å². The molecule has 0 fully saturated rings. The van der Waals surface area contributed by atoms with Crippen LogP contribution >= 0.6 is 11.3 Å². The van der Waals surface area contributed by atoms with Crippen LogP contribution < -0.4 is 5.32 Å². The van der Waals surface area contributed by atoms with E-state index < -0.39 is 0 Å². The second kappa shape index (κ2) is 6.01. The molecule has 0 aliphatic heterocycles. The van der Waals surface area contributed by atoms with Gasteiger partial charge < -0.3 is 5.32 Å². The normalized spacial score (nSPS) is 12.1. The average molecular weight is 296 g/mol. The largest absolute Gasteiger partial charge is 0.362 e. The maximum absolute atomic E-state index is 4.50. The van der Waals surface area contributed by atoms with E-state index in [1.54, 1.807) is 17.7 Å². The van der Waals surface area contributed by atoms with Gasteiger partial charge in [0.1, 0.15) is 12.1 Å². The van der Waals surface area contributed by atoms with Crippen molar-refractivity contribution < 1.29 is 0 Å². The van der Waals surface area contributed by atoms with Crippen LogP contribution in [0.4, 0.5) is 5.82 Å². The third kappa shape index (κ3) is 3.25. The summed E-state index contributed by atoms with van der Waals surface area (Å²) in [6.07, 6.45) is 1.59. The molecular formula is C16H16N4S. The molecule has 3 aromatic rings. The number of benzene rings is 1. The summed E-state index contributed by atoms with van der Waals surface area (Å²) in [5.74, 6) is 0.807. The predicted octanol–water partition coefficient (Wildman–Crippen LogP) is 4.08. The summed E-state index contributed by atoms with van der Waals surface area (Å²) in [7, 11) is 0. The van der Waals surface area contributed by atoms with E-state index in [1.165, 1.54) is 0 Å². The summed E-state index contributed by atoms with van der Waals surface area (Å²) in [4.78, 5) is 13.1. The molecule has 0 saturated heterocycles. The Kier molecular flexibility index (Phi) is 3.92. The highest BCUT2D eigenvalue weighted by molar-refractivity contribution is 7.09. The lowest BCUT2D eigenvalue weighted by molar-refractivity contribution is 0.836. The Morgan fingerprint density at radius 1 is 1.14 bits per heavy atom. The summed E-state index contributed by atoms with van der Waals surface area (Å²) in [5.41, 5.74) is 3.03. The molecule has 2 heterocycles.